The van der Waals surface area contributed by atoms with E-state index in [2.05, 4.69) is 188 Å². The normalized spacial score (nSPS) is 12.6. The van der Waals surface area contributed by atoms with Gasteiger partial charge < -0.3 is 4.42 Å². The van der Waals surface area contributed by atoms with Crippen LogP contribution in [0.4, 0.5) is 0 Å². The molecule has 9 aromatic carbocycles. The summed E-state index contributed by atoms with van der Waals surface area (Å²) in [7, 11) is 0. The molecule has 0 radical (unpaired) electrons. The van der Waals surface area contributed by atoms with Crippen LogP contribution in [0.25, 0.3) is 89.5 Å². The zero-order valence-electron chi connectivity index (χ0n) is 33.6. The number of aromatic nitrogens is 3. The number of rotatable bonds is 7. The second-order valence-electron chi connectivity index (χ2n) is 15.9. The first-order chi connectivity index (χ1) is 30.7. The maximum Gasteiger partial charge on any atom is 0.164 e. The molecule has 0 spiro atoms. The second-order valence-corrected chi connectivity index (χ2v) is 15.9. The van der Waals surface area contributed by atoms with Crippen molar-refractivity contribution < 1.29 is 4.42 Å². The van der Waals surface area contributed by atoms with Gasteiger partial charge in [0.25, 0.3) is 0 Å². The Labute approximate surface area is 359 Å². The average Bonchev–Trinajstić information content (AvgIpc) is 3.87. The number of hydrogen-bond donors (Lipinski definition) is 0. The third-order valence-electron chi connectivity index (χ3n) is 12.4. The Kier molecular flexibility index (Phi) is 8.36. The van der Waals surface area contributed by atoms with Gasteiger partial charge in [0.05, 0.1) is 5.41 Å². The van der Waals surface area contributed by atoms with Crippen LogP contribution in [0.5, 0.6) is 0 Å². The molecule has 1 aliphatic rings. The van der Waals surface area contributed by atoms with Crippen molar-refractivity contribution in [2.75, 3.05) is 0 Å². The van der Waals surface area contributed by atoms with Crippen LogP contribution in [-0.2, 0) is 5.41 Å². The number of hydrogen-bond acceptors (Lipinski definition) is 4. The van der Waals surface area contributed by atoms with E-state index in [9.17, 15) is 0 Å². The van der Waals surface area contributed by atoms with E-state index in [4.69, 9.17) is 19.4 Å². The smallest absolute Gasteiger partial charge is 0.164 e. The Hall–Kier alpha value is -8.21. The molecular formula is C58H37N3O. The lowest BCUT2D eigenvalue weighted by atomic mass is 9.67. The van der Waals surface area contributed by atoms with Crippen LogP contribution in [0.1, 0.15) is 22.3 Å². The minimum Gasteiger partial charge on any atom is -0.456 e. The van der Waals surface area contributed by atoms with E-state index < -0.39 is 5.41 Å². The molecule has 0 unspecified atom stereocenters. The molecular weight excluding hydrogens is 755 g/mol. The van der Waals surface area contributed by atoms with Crippen LogP contribution in [0.2, 0.25) is 0 Å². The second kappa shape index (κ2) is 14.5. The molecule has 12 rings (SSSR count). The zero-order chi connectivity index (χ0) is 41.0. The molecule has 0 amide bonds. The predicted octanol–water partition coefficient (Wildman–Crippen LogP) is 14.5. The molecule has 4 heteroatoms. The van der Waals surface area contributed by atoms with Crippen molar-refractivity contribution in [3.05, 3.63) is 247 Å². The Bertz CT molecular complexity index is 3380. The van der Waals surface area contributed by atoms with Gasteiger partial charge in [-0.3, -0.25) is 0 Å². The summed E-state index contributed by atoms with van der Waals surface area (Å²) in [5.74, 6) is 1.88. The van der Waals surface area contributed by atoms with Gasteiger partial charge in [0, 0.05) is 27.5 Å². The first-order valence-corrected chi connectivity index (χ1v) is 21.0. The van der Waals surface area contributed by atoms with Gasteiger partial charge in [0.2, 0.25) is 0 Å². The van der Waals surface area contributed by atoms with Gasteiger partial charge in [0.1, 0.15) is 11.2 Å². The van der Waals surface area contributed by atoms with Gasteiger partial charge >= 0.3 is 0 Å². The van der Waals surface area contributed by atoms with Crippen molar-refractivity contribution in [2.24, 2.45) is 0 Å². The lowest BCUT2D eigenvalue weighted by Gasteiger charge is -2.33. The largest absolute Gasteiger partial charge is 0.456 e. The van der Waals surface area contributed by atoms with Crippen molar-refractivity contribution in [3.8, 4) is 67.5 Å². The van der Waals surface area contributed by atoms with E-state index in [1.807, 2.05) is 36.4 Å². The van der Waals surface area contributed by atoms with E-state index in [0.29, 0.717) is 17.5 Å². The van der Waals surface area contributed by atoms with Gasteiger partial charge in [0.15, 0.2) is 17.5 Å². The molecule has 0 saturated heterocycles. The van der Waals surface area contributed by atoms with Gasteiger partial charge in [-0.05, 0) is 73.8 Å². The number of benzene rings is 9. The molecule has 290 valence electrons. The number of nitrogens with zero attached hydrogens (tertiary/aromatic N) is 3. The van der Waals surface area contributed by atoms with Crippen molar-refractivity contribution >= 4 is 21.9 Å². The summed E-state index contributed by atoms with van der Waals surface area (Å²) < 4.78 is 6.81. The molecule has 0 N–H and O–H groups in total. The van der Waals surface area contributed by atoms with Crippen molar-refractivity contribution in [1.29, 1.82) is 0 Å². The van der Waals surface area contributed by atoms with E-state index >= 15 is 0 Å². The molecule has 0 atom stereocenters. The van der Waals surface area contributed by atoms with Crippen LogP contribution in [0, 0.1) is 0 Å². The van der Waals surface area contributed by atoms with Crippen LogP contribution < -0.4 is 0 Å². The van der Waals surface area contributed by atoms with E-state index in [1.165, 1.54) is 38.9 Å². The maximum absolute atomic E-state index is 6.81. The maximum atomic E-state index is 6.81. The Balaban J connectivity index is 0.974. The molecule has 62 heavy (non-hydrogen) atoms. The first kappa shape index (κ1) is 35.7. The minimum atomic E-state index is -0.499. The fourth-order valence-electron chi connectivity index (χ4n) is 9.59. The minimum absolute atomic E-state index is 0.499. The Morgan fingerprint density at radius 3 is 1.35 bits per heavy atom. The predicted molar refractivity (Wildman–Crippen MR) is 252 cm³/mol. The summed E-state index contributed by atoms with van der Waals surface area (Å²) in [6, 6.07) is 79.2. The Morgan fingerprint density at radius 1 is 0.306 bits per heavy atom. The average molecular weight is 792 g/mol. The molecule has 2 aromatic heterocycles. The molecule has 0 saturated carbocycles. The molecule has 0 aliphatic heterocycles. The number of fused-ring (bicyclic) bond motifs is 6. The molecule has 2 heterocycles. The zero-order valence-corrected chi connectivity index (χ0v) is 33.6. The van der Waals surface area contributed by atoms with Crippen molar-refractivity contribution in [2.45, 2.75) is 5.41 Å². The quantitative estimate of drug-likeness (QED) is 0.161. The van der Waals surface area contributed by atoms with Crippen LogP contribution in [0.3, 0.4) is 0 Å². The van der Waals surface area contributed by atoms with Gasteiger partial charge in [-0.1, -0.05) is 206 Å². The van der Waals surface area contributed by atoms with E-state index in [0.717, 1.165) is 55.3 Å². The fourth-order valence-corrected chi connectivity index (χ4v) is 9.59. The molecule has 11 aromatic rings. The lowest BCUT2D eigenvalue weighted by molar-refractivity contribution is 0.666. The summed E-state index contributed by atoms with van der Waals surface area (Å²) in [5, 5.41) is 2.19. The Morgan fingerprint density at radius 2 is 0.758 bits per heavy atom. The van der Waals surface area contributed by atoms with Crippen LogP contribution >= 0.6 is 0 Å². The molecule has 1 aliphatic carbocycles. The highest BCUT2D eigenvalue weighted by atomic mass is 16.3. The van der Waals surface area contributed by atoms with Gasteiger partial charge in [-0.25, -0.2) is 15.0 Å². The highest BCUT2D eigenvalue weighted by Gasteiger charge is 2.46. The van der Waals surface area contributed by atoms with E-state index in [-0.39, 0.29) is 0 Å². The van der Waals surface area contributed by atoms with E-state index in [1.54, 1.807) is 0 Å². The summed E-state index contributed by atoms with van der Waals surface area (Å²) in [5.41, 5.74) is 15.9. The summed E-state index contributed by atoms with van der Waals surface area (Å²) >= 11 is 0. The van der Waals surface area contributed by atoms with Crippen LogP contribution in [-0.4, -0.2) is 15.0 Å². The summed E-state index contributed by atoms with van der Waals surface area (Å²) in [4.78, 5) is 15.0. The lowest BCUT2D eigenvalue weighted by Crippen LogP contribution is -2.28. The molecule has 4 nitrogen and oxygen atoms in total. The SMILES string of the molecule is c1ccc(-c2ccc(-c3nc(-c4ccccc4)nc(-c4ccc(-c5cccc6oc7cc8c(cc7c56)-c5ccccc5C8(c5ccccc5)c5ccccc5)cc4)n3)cc2)cc1. The van der Waals surface area contributed by atoms with Crippen molar-refractivity contribution in [1.82, 2.24) is 15.0 Å². The van der Waals surface area contributed by atoms with Crippen molar-refractivity contribution in [3.63, 3.8) is 0 Å². The monoisotopic (exact) mass is 791 g/mol. The standard InChI is InChI=1S/C58H37N3O/c1-5-16-38(17-6-1)39-28-32-42(33-29-39)56-59-55(41-18-7-2-8-19-41)60-57(61-56)43-34-30-40(31-35-43)46-25-15-27-52-54(46)49-36-48-47-24-13-14-26-50(47)58(44-20-9-3-10-21-44,45-22-11-4-12-23-45)51(48)37-53(49)62-52/h1-37H. The fraction of sp³-hybridized carbons (Fsp3) is 0.0172. The third kappa shape index (κ3) is 5.72. The third-order valence-corrected chi connectivity index (χ3v) is 12.4. The molecule has 0 fully saturated rings. The highest BCUT2D eigenvalue weighted by molar-refractivity contribution is 6.14. The summed E-state index contributed by atoms with van der Waals surface area (Å²) in [6.07, 6.45) is 0. The summed E-state index contributed by atoms with van der Waals surface area (Å²) in [6.45, 7) is 0. The van der Waals surface area contributed by atoms with Crippen LogP contribution in [0.15, 0.2) is 229 Å². The topological polar surface area (TPSA) is 51.8 Å². The first-order valence-electron chi connectivity index (χ1n) is 21.0. The molecule has 0 bridgehead atoms. The van der Waals surface area contributed by atoms with Gasteiger partial charge in [-0.15, -0.1) is 0 Å². The van der Waals surface area contributed by atoms with Gasteiger partial charge in [-0.2, -0.15) is 0 Å². The number of furan rings is 1. The highest BCUT2D eigenvalue weighted by Crippen LogP contribution is 2.57.